The highest BCUT2D eigenvalue weighted by Crippen LogP contribution is 2.20. The van der Waals surface area contributed by atoms with E-state index in [1.807, 2.05) is 35.2 Å². The first-order valence-corrected chi connectivity index (χ1v) is 10.9. The van der Waals surface area contributed by atoms with Crippen LogP contribution in [0.25, 0.3) is 0 Å². The molecular weight excluding hydrogens is 418 g/mol. The molecule has 3 aromatic carbocycles. The van der Waals surface area contributed by atoms with Gasteiger partial charge in [0, 0.05) is 42.1 Å². The van der Waals surface area contributed by atoms with Crippen molar-refractivity contribution in [1.29, 1.82) is 0 Å². The summed E-state index contributed by atoms with van der Waals surface area (Å²) in [6.07, 6.45) is 0.907. The number of rotatable bonds is 8. The maximum absolute atomic E-state index is 12.9. The van der Waals surface area contributed by atoms with Crippen LogP contribution in [0.4, 0.5) is 11.4 Å². The van der Waals surface area contributed by atoms with E-state index in [2.05, 4.69) is 10.6 Å². The SMILES string of the molecule is COc1cccc(NC(=O)COc2ccc(C(=O)N3CCC(Nc4ccccc4)C3)cc2)c1. The Hall–Kier alpha value is -4.00. The Bertz CT molecular complexity index is 1090. The van der Waals surface area contributed by atoms with Crippen molar-refractivity contribution in [2.45, 2.75) is 12.5 Å². The zero-order chi connectivity index (χ0) is 23.0. The quantitative estimate of drug-likeness (QED) is 0.547. The van der Waals surface area contributed by atoms with Crippen molar-refractivity contribution in [1.82, 2.24) is 4.90 Å². The summed E-state index contributed by atoms with van der Waals surface area (Å²) in [5.41, 5.74) is 2.30. The summed E-state index contributed by atoms with van der Waals surface area (Å²) in [5, 5.41) is 6.24. The van der Waals surface area contributed by atoms with Gasteiger partial charge in [-0.15, -0.1) is 0 Å². The van der Waals surface area contributed by atoms with Crippen molar-refractivity contribution in [3.05, 3.63) is 84.4 Å². The van der Waals surface area contributed by atoms with E-state index < -0.39 is 0 Å². The molecule has 1 aliphatic rings. The minimum absolute atomic E-state index is 0.00493. The van der Waals surface area contributed by atoms with E-state index in [0.717, 1.165) is 12.1 Å². The number of para-hydroxylation sites is 1. The van der Waals surface area contributed by atoms with Crippen LogP contribution in [0.15, 0.2) is 78.9 Å². The topological polar surface area (TPSA) is 79.9 Å². The number of anilines is 2. The first-order chi connectivity index (χ1) is 16.1. The molecule has 3 aromatic rings. The number of amides is 2. The second-order valence-electron chi connectivity index (χ2n) is 7.84. The number of nitrogens with one attached hydrogen (secondary N) is 2. The Morgan fingerprint density at radius 2 is 1.70 bits per heavy atom. The molecule has 1 unspecified atom stereocenters. The van der Waals surface area contributed by atoms with Crippen LogP contribution in [-0.2, 0) is 4.79 Å². The van der Waals surface area contributed by atoms with E-state index >= 15 is 0 Å². The molecule has 33 heavy (non-hydrogen) atoms. The molecule has 0 aliphatic carbocycles. The molecule has 7 heteroatoms. The van der Waals surface area contributed by atoms with Crippen molar-refractivity contribution in [3.8, 4) is 11.5 Å². The largest absolute Gasteiger partial charge is 0.497 e. The standard InChI is InChI=1S/C26H27N3O4/c1-32-24-9-5-8-21(16-24)28-25(30)18-33-23-12-10-19(11-13-23)26(31)29-15-14-22(17-29)27-20-6-3-2-4-7-20/h2-13,16,22,27H,14-15,17-18H2,1H3,(H,28,30). The summed E-state index contributed by atoms with van der Waals surface area (Å²) in [4.78, 5) is 26.9. The van der Waals surface area contributed by atoms with E-state index in [4.69, 9.17) is 9.47 Å². The molecule has 0 saturated carbocycles. The van der Waals surface area contributed by atoms with E-state index in [-0.39, 0.29) is 24.5 Å². The monoisotopic (exact) mass is 445 g/mol. The second-order valence-corrected chi connectivity index (χ2v) is 7.84. The molecular formula is C26H27N3O4. The number of carbonyl (C=O) groups is 2. The van der Waals surface area contributed by atoms with Gasteiger partial charge in [-0.05, 0) is 55.0 Å². The lowest BCUT2D eigenvalue weighted by Crippen LogP contribution is -2.31. The third-order valence-corrected chi connectivity index (χ3v) is 5.44. The van der Waals surface area contributed by atoms with Crippen molar-refractivity contribution in [2.75, 3.05) is 37.4 Å². The van der Waals surface area contributed by atoms with Crippen LogP contribution < -0.4 is 20.1 Å². The molecule has 0 spiro atoms. The van der Waals surface area contributed by atoms with Gasteiger partial charge in [0.25, 0.3) is 11.8 Å². The van der Waals surface area contributed by atoms with Crippen LogP contribution in [0.5, 0.6) is 11.5 Å². The summed E-state index contributed by atoms with van der Waals surface area (Å²) in [6.45, 7) is 1.24. The summed E-state index contributed by atoms with van der Waals surface area (Å²) in [6, 6.07) is 24.3. The molecule has 0 aromatic heterocycles. The highest BCUT2D eigenvalue weighted by atomic mass is 16.5. The molecule has 1 fully saturated rings. The summed E-state index contributed by atoms with van der Waals surface area (Å²) >= 11 is 0. The minimum Gasteiger partial charge on any atom is -0.497 e. The first-order valence-electron chi connectivity index (χ1n) is 10.9. The number of carbonyl (C=O) groups excluding carboxylic acids is 2. The van der Waals surface area contributed by atoms with E-state index in [0.29, 0.717) is 35.8 Å². The predicted octanol–water partition coefficient (Wildman–Crippen LogP) is 4.04. The summed E-state index contributed by atoms with van der Waals surface area (Å²) in [7, 11) is 1.57. The molecule has 0 radical (unpaired) electrons. The maximum atomic E-state index is 12.9. The number of likely N-dealkylation sites (tertiary alicyclic amines) is 1. The number of hydrogen-bond donors (Lipinski definition) is 2. The third-order valence-electron chi connectivity index (χ3n) is 5.44. The van der Waals surface area contributed by atoms with Gasteiger partial charge in [0.15, 0.2) is 6.61 Å². The average molecular weight is 446 g/mol. The Balaban J connectivity index is 1.25. The lowest BCUT2D eigenvalue weighted by molar-refractivity contribution is -0.118. The number of nitrogens with zero attached hydrogens (tertiary/aromatic N) is 1. The number of ether oxygens (including phenoxy) is 2. The Morgan fingerprint density at radius 3 is 2.45 bits per heavy atom. The fourth-order valence-corrected chi connectivity index (χ4v) is 3.76. The molecule has 1 atom stereocenters. The molecule has 7 nitrogen and oxygen atoms in total. The molecule has 2 amide bonds. The maximum Gasteiger partial charge on any atom is 0.262 e. The van der Waals surface area contributed by atoms with Crippen LogP contribution in [0.1, 0.15) is 16.8 Å². The molecule has 170 valence electrons. The van der Waals surface area contributed by atoms with Crippen LogP contribution in [0.2, 0.25) is 0 Å². The zero-order valence-electron chi connectivity index (χ0n) is 18.5. The smallest absolute Gasteiger partial charge is 0.262 e. The summed E-state index contributed by atoms with van der Waals surface area (Å²) in [5.74, 6) is 0.902. The van der Waals surface area contributed by atoms with Gasteiger partial charge in [0.05, 0.1) is 7.11 Å². The normalized spacial score (nSPS) is 15.1. The number of hydrogen-bond acceptors (Lipinski definition) is 5. The first kappa shape index (κ1) is 22.2. The number of methoxy groups -OCH3 is 1. The fraction of sp³-hybridized carbons (Fsp3) is 0.231. The van der Waals surface area contributed by atoms with Crippen LogP contribution in [0, 0.1) is 0 Å². The van der Waals surface area contributed by atoms with Gasteiger partial charge in [0.2, 0.25) is 0 Å². The van der Waals surface area contributed by atoms with Crippen LogP contribution in [0.3, 0.4) is 0 Å². The predicted molar refractivity (Wildman–Crippen MR) is 128 cm³/mol. The van der Waals surface area contributed by atoms with Crippen molar-refractivity contribution in [3.63, 3.8) is 0 Å². The van der Waals surface area contributed by atoms with Crippen LogP contribution in [-0.4, -0.2) is 49.6 Å². The van der Waals surface area contributed by atoms with Crippen molar-refractivity contribution in [2.24, 2.45) is 0 Å². The highest BCUT2D eigenvalue weighted by molar-refractivity contribution is 5.94. The van der Waals surface area contributed by atoms with Crippen molar-refractivity contribution >= 4 is 23.2 Å². The van der Waals surface area contributed by atoms with Gasteiger partial charge < -0.3 is 25.0 Å². The Kier molecular flexibility index (Phi) is 7.09. The van der Waals surface area contributed by atoms with Gasteiger partial charge >= 0.3 is 0 Å². The molecule has 1 aliphatic heterocycles. The van der Waals surface area contributed by atoms with E-state index in [1.165, 1.54) is 0 Å². The highest BCUT2D eigenvalue weighted by Gasteiger charge is 2.26. The third kappa shape index (κ3) is 6.04. The van der Waals surface area contributed by atoms with E-state index in [9.17, 15) is 9.59 Å². The Labute approximate surface area is 193 Å². The average Bonchev–Trinajstić information content (AvgIpc) is 3.32. The van der Waals surface area contributed by atoms with Gasteiger partial charge in [0.1, 0.15) is 11.5 Å². The molecule has 1 heterocycles. The lowest BCUT2D eigenvalue weighted by Gasteiger charge is -2.18. The fourth-order valence-electron chi connectivity index (χ4n) is 3.76. The van der Waals surface area contributed by atoms with Gasteiger partial charge in [-0.1, -0.05) is 24.3 Å². The lowest BCUT2D eigenvalue weighted by atomic mass is 10.2. The second kappa shape index (κ2) is 10.5. The van der Waals surface area contributed by atoms with Crippen LogP contribution >= 0.6 is 0 Å². The molecule has 0 bridgehead atoms. The van der Waals surface area contributed by atoms with Gasteiger partial charge in [-0.25, -0.2) is 0 Å². The molecule has 2 N–H and O–H groups in total. The van der Waals surface area contributed by atoms with Gasteiger partial charge in [-0.3, -0.25) is 9.59 Å². The van der Waals surface area contributed by atoms with Gasteiger partial charge in [-0.2, -0.15) is 0 Å². The minimum atomic E-state index is -0.280. The van der Waals surface area contributed by atoms with E-state index in [1.54, 1.807) is 55.6 Å². The summed E-state index contributed by atoms with van der Waals surface area (Å²) < 4.78 is 10.7. The number of benzene rings is 3. The Morgan fingerprint density at radius 1 is 0.939 bits per heavy atom. The molecule has 4 rings (SSSR count). The van der Waals surface area contributed by atoms with Crippen molar-refractivity contribution < 1.29 is 19.1 Å². The molecule has 1 saturated heterocycles. The zero-order valence-corrected chi connectivity index (χ0v) is 18.5.